The lowest BCUT2D eigenvalue weighted by Gasteiger charge is -2.09. The van der Waals surface area contributed by atoms with E-state index in [-0.39, 0.29) is 10.6 Å². The van der Waals surface area contributed by atoms with E-state index in [9.17, 15) is 8.42 Å². The minimum atomic E-state index is -4.05. The van der Waals surface area contributed by atoms with E-state index in [0.717, 1.165) is 22.8 Å². The maximum Gasteiger partial charge on any atom is 0.341 e. The van der Waals surface area contributed by atoms with E-state index >= 15 is 0 Å². The highest BCUT2D eigenvalue weighted by atomic mass is 32.2. The predicted molar refractivity (Wildman–Crippen MR) is 91.7 cm³/mol. The molecule has 0 atom stereocenters. The van der Waals surface area contributed by atoms with Gasteiger partial charge >= 0.3 is 10.1 Å². The Balaban J connectivity index is 1.86. The number of nitrogens with zero attached hydrogens (tertiary/aromatic N) is 3. The van der Waals surface area contributed by atoms with Crippen LogP contribution < -0.4 is 4.18 Å². The molecule has 0 aliphatic heterocycles. The number of benzene rings is 2. The van der Waals surface area contributed by atoms with Gasteiger partial charge in [-0.15, -0.1) is 0 Å². The second-order valence-corrected chi connectivity index (χ2v) is 7.25. The summed E-state index contributed by atoms with van der Waals surface area (Å²) in [6, 6.07) is 13.7. The van der Waals surface area contributed by atoms with Crippen LogP contribution in [0.5, 0.6) is 5.75 Å². The van der Waals surface area contributed by atoms with Gasteiger partial charge in [-0.3, -0.25) is 0 Å². The van der Waals surface area contributed by atoms with Crippen molar-refractivity contribution < 1.29 is 12.6 Å². The maximum absolute atomic E-state index is 12.7. The van der Waals surface area contributed by atoms with Crippen LogP contribution in [0.3, 0.4) is 0 Å². The molecule has 6 nitrogen and oxygen atoms in total. The molecule has 0 fully saturated rings. The molecule has 24 heavy (non-hydrogen) atoms. The number of fused-ring (bicyclic) bond motifs is 2. The van der Waals surface area contributed by atoms with Crippen molar-refractivity contribution in [3.05, 3.63) is 54.2 Å². The van der Waals surface area contributed by atoms with Crippen LogP contribution in [0.1, 0.15) is 5.69 Å². The first-order valence-corrected chi connectivity index (χ1v) is 9.21. The topological polar surface area (TPSA) is 82.0 Å². The molecule has 0 aliphatic rings. The number of aromatic nitrogens is 3. The van der Waals surface area contributed by atoms with E-state index in [1.165, 1.54) is 6.07 Å². The molecule has 0 radical (unpaired) electrons. The standard InChI is InChI=1S/C16H11N3O3S2/c1-10-8-9-11-4-2-6-13(15(11)17-10)22-24(20,21)14-7-3-5-12-16(14)19-23-18-12/h2-9H,1H3. The summed E-state index contributed by atoms with van der Waals surface area (Å²) >= 11 is 0.962. The van der Waals surface area contributed by atoms with Gasteiger partial charge in [-0.05, 0) is 31.2 Å². The van der Waals surface area contributed by atoms with Crippen molar-refractivity contribution in [2.45, 2.75) is 11.8 Å². The van der Waals surface area contributed by atoms with E-state index in [0.29, 0.717) is 16.6 Å². The second kappa shape index (κ2) is 5.50. The zero-order valence-corrected chi connectivity index (χ0v) is 14.1. The molecule has 0 bridgehead atoms. The van der Waals surface area contributed by atoms with Gasteiger partial charge in [-0.25, -0.2) is 4.98 Å². The van der Waals surface area contributed by atoms with Crippen LogP contribution in [0, 0.1) is 6.92 Å². The lowest BCUT2D eigenvalue weighted by Crippen LogP contribution is -2.11. The molecule has 0 N–H and O–H groups in total. The first-order chi connectivity index (χ1) is 11.5. The average Bonchev–Trinajstić information content (AvgIpc) is 3.03. The van der Waals surface area contributed by atoms with Gasteiger partial charge in [0.25, 0.3) is 0 Å². The Hall–Kier alpha value is -2.58. The molecule has 8 heteroatoms. The van der Waals surface area contributed by atoms with Gasteiger partial charge in [0.1, 0.15) is 21.4 Å². The highest BCUT2D eigenvalue weighted by Gasteiger charge is 2.23. The van der Waals surface area contributed by atoms with Crippen LogP contribution in [0.15, 0.2) is 53.4 Å². The summed E-state index contributed by atoms with van der Waals surface area (Å²) in [5, 5.41) is 0.807. The van der Waals surface area contributed by atoms with Crippen LogP contribution in [-0.4, -0.2) is 22.1 Å². The molecule has 2 aromatic heterocycles. The number of para-hydroxylation sites is 1. The van der Waals surface area contributed by atoms with E-state index in [1.807, 2.05) is 25.1 Å². The Morgan fingerprint density at radius 2 is 1.79 bits per heavy atom. The average molecular weight is 357 g/mol. The molecule has 0 saturated carbocycles. The van der Waals surface area contributed by atoms with Crippen molar-refractivity contribution >= 4 is 43.8 Å². The monoisotopic (exact) mass is 357 g/mol. The van der Waals surface area contributed by atoms with Gasteiger partial charge in [-0.2, -0.15) is 17.2 Å². The van der Waals surface area contributed by atoms with Crippen LogP contribution in [-0.2, 0) is 10.1 Å². The van der Waals surface area contributed by atoms with Crippen molar-refractivity contribution in [3.8, 4) is 5.75 Å². The quantitative estimate of drug-likeness (QED) is 0.523. The predicted octanol–water partition coefficient (Wildman–Crippen LogP) is 3.32. The van der Waals surface area contributed by atoms with Crippen LogP contribution >= 0.6 is 11.7 Å². The van der Waals surface area contributed by atoms with Crippen molar-refractivity contribution in [1.29, 1.82) is 0 Å². The number of aryl methyl sites for hydroxylation is 1. The van der Waals surface area contributed by atoms with Gasteiger partial charge in [0.05, 0.1) is 11.7 Å². The molecule has 0 spiro atoms. The first kappa shape index (κ1) is 15.0. The SMILES string of the molecule is Cc1ccc2cccc(OS(=O)(=O)c3cccc4nsnc34)c2n1. The third-order valence-electron chi connectivity index (χ3n) is 3.54. The second-order valence-electron chi connectivity index (χ2n) is 5.21. The highest BCUT2D eigenvalue weighted by Crippen LogP contribution is 2.29. The van der Waals surface area contributed by atoms with E-state index in [2.05, 4.69) is 13.7 Å². The van der Waals surface area contributed by atoms with Crippen molar-refractivity contribution in [2.75, 3.05) is 0 Å². The number of pyridine rings is 1. The third kappa shape index (κ3) is 2.49. The van der Waals surface area contributed by atoms with E-state index in [4.69, 9.17) is 4.18 Å². The molecule has 120 valence electrons. The fourth-order valence-electron chi connectivity index (χ4n) is 2.43. The summed E-state index contributed by atoms with van der Waals surface area (Å²) in [6.07, 6.45) is 0. The number of rotatable bonds is 3. The highest BCUT2D eigenvalue weighted by molar-refractivity contribution is 7.87. The number of hydrogen-bond donors (Lipinski definition) is 0. The van der Waals surface area contributed by atoms with Crippen LogP contribution in [0.2, 0.25) is 0 Å². The maximum atomic E-state index is 12.7. The summed E-state index contributed by atoms with van der Waals surface area (Å²) in [4.78, 5) is 4.39. The largest absolute Gasteiger partial charge is 0.377 e. The Morgan fingerprint density at radius 3 is 2.67 bits per heavy atom. The van der Waals surface area contributed by atoms with Crippen molar-refractivity contribution in [3.63, 3.8) is 0 Å². The van der Waals surface area contributed by atoms with E-state index in [1.54, 1.807) is 24.3 Å². The molecular formula is C16H11N3O3S2. The third-order valence-corrected chi connectivity index (χ3v) is 5.35. The molecule has 0 amide bonds. The number of hydrogen-bond acceptors (Lipinski definition) is 7. The summed E-state index contributed by atoms with van der Waals surface area (Å²) < 4.78 is 39.0. The van der Waals surface area contributed by atoms with Gasteiger partial charge in [-0.1, -0.05) is 24.3 Å². The minimum Gasteiger partial charge on any atom is -0.377 e. The lowest BCUT2D eigenvalue weighted by atomic mass is 10.2. The van der Waals surface area contributed by atoms with Gasteiger partial charge < -0.3 is 4.18 Å². The van der Waals surface area contributed by atoms with Gasteiger partial charge in [0.2, 0.25) is 0 Å². The summed E-state index contributed by atoms with van der Waals surface area (Å²) in [5.74, 6) is 0.191. The molecule has 2 heterocycles. The minimum absolute atomic E-state index is 0.00148. The molecule has 4 aromatic rings. The molecule has 0 unspecified atom stereocenters. The zero-order chi connectivity index (χ0) is 16.7. The molecule has 2 aromatic carbocycles. The molecule has 0 aliphatic carbocycles. The van der Waals surface area contributed by atoms with Gasteiger partial charge in [0.15, 0.2) is 5.75 Å². The van der Waals surface area contributed by atoms with E-state index < -0.39 is 10.1 Å². The van der Waals surface area contributed by atoms with Crippen LogP contribution in [0.25, 0.3) is 21.9 Å². The zero-order valence-electron chi connectivity index (χ0n) is 12.5. The fraction of sp³-hybridized carbons (Fsp3) is 0.0625. The fourth-order valence-corrected chi connectivity index (χ4v) is 4.13. The summed E-state index contributed by atoms with van der Waals surface area (Å²) in [6.45, 7) is 1.84. The lowest BCUT2D eigenvalue weighted by molar-refractivity contribution is 0.489. The molecular weight excluding hydrogens is 346 g/mol. The first-order valence-electron chi connectivity index (χ1n) is 7.07. The Kier molecular flexibility index (Phi) is 3.43. The normalized spacial score (nSPS) is 11.9. The van der Waals surface area contributed by atoms with Crippen LogP contribution in [0.4, 0.5) is 0 Å². The van der Waals surface area contributed by atoms with Crippen molar-refractivity contribution in [2.24, 2.45) is 0 Å². The Bertz CT molecular complexity index is 1170. The molecule has 4 rings (SSSR count). The summed E-state index contributed by atoms with van der Waals surface area (Å²) in [7, 11) is -4.05. The Morgan fingerprint density at radius 1 is 0.958 bits per heavy atom. The Labute approximate surface area is 142 Å². The van der Waals surface area contributed by atoms with Crippen molar-refractivity contribution in [1.82, 2.24) is 13.7 Å². The smallest absolute Gasteiger partial charge is 0.341 e. The summed E-state index contributed by atoms with van der Waals surface area (Å²) in [5.41, 5.74) is 2.12. The molecule has 0 saturated heterocycles. The van der Waals surface area contributed by atoms with Gasteiger partial charge in [0, 0.05) is 11.1 Å².